The van der Waals surface area contributed by atoms with Crippen molar-refractivity contribution in [2.45, 2.75) is 47.4 Å². The van der Waals surface area contributed by atoms with Gasteiger partial charge in [0, 0.05) is 6.61 Å². The van der Waals surface area contributed by atoms with Gasteiger partial charge in [-0.2, -0.15) is 18.3 Å². The van der Waals surface area contributed by atoms with Gasteiger partial charge < -0.3 is 4.74 Å². The fraction of sp³-hybridized carbons (Fsp3) is 0.727. The summed E-state index contributed by atoms with van der Waals surface area (Å²) in [6, 6.07) is 0. The Morgan fingerprint density at radius 1 is 1.24 bits per heavy atom. The van der Waals surface area contributed by atoms with Gasteiger partial charge in [0.05, 0.1) is 24.1 Å². The van der Waals surface area contributed by atoms with E-state index in [0.717, 1.165) is 6.20 Å². The third-order valence-corrected chi connectivity index (χ3v) is 1.47. The summed E-state index contributed by atoms with van der Waals surface area (Å²) < 4.78 is 41.4. The van der Waals surface area contributed by atoms with Crippen molar-refractivity contribution in [2.75, 3.05) is 6.61 Å². The predicted octanol–water partition coefficient (Wildman–Crippen LogP) is 4.02. The average Bonchev–Trinajstić information content (AvgIpc) is 2.79. The van der Waals surface area contributed by atoms with Crippen molar-refractivity contribution < 1.29 is 17.9 Å². The monoisotopic (exact) mass is 254 g/mol. The van der Waals surface area contributed by atoms with E-state index in [1.807, 2.05) is 27.7 Å². The van der Waals surface area contributed by atoms with E-state index < -0.39 is 11.7 Å². The topological polar surface area (TPSA) is 37.9 Å². The maximum Gasteiger partial charge on any atom is 0.419 e. The molecule has 0 spiro atoms. The van der Waals surface area contributed by atoms with Gasteiger partial charge in [0.25, 0.3) is 0 Å². The fourth-order valence-corrected chi connectivity index (χ4v) is 0.871. The number of halogens is 3. The molecule has 3 nitrogen and oxygen atoms in total. The van der Waals surface area contributed by atoms with Crippen LogP contribution in [-0.4, -0.2) is 16.8 Å². The summed E-state index contributed by atoms with van der Waals surface area (Å²) in [5.41, 5.74) is -0.796. The highest BCUT2D eigenvalue weighted by molar-refractivity contribution is 5.18. The molecule has 0 aliphatic carbocycles. The lowest BCUT2D eigenvalue weighted by molar-refractivity contribution is -0.138. The van der Waals surface area contributed by atoms with Crippen LogP contribution < -0.4 is 0 Å². The summed E-state index contributed by atoms with van der Waals surface area (Å²) in [6.45, 7) is 9.99. The van der Waals surface area contributed by atoms with Crippen LogP contribution in [0.5, 0.6) is 0 Å². The van der Waals surface area contributed by atoms with E-state index in [1.165, 1.54) is 0 Å². The number of H-pyrrole nitrogens is 1. The third-order valence-electron chi connectivity index (χ3n) is 1.47. The predicted molar refractivity (Wildman–Crippen MR) is 61.6 cm³/mol. The van der Waals surface area contributed by atoms with Crippen molar-refractivity contribution >= 4 is 0 Å². The number of aromatic amines is 1. The highest BCUT2D eigenvalue weighted by Crippen LogP contribution is 2.30. The SMILES string of the molecule is CC.CC.CCOCc1[nH]ncc1C(F)(F)F. The minimum Gasteiger partial charge on any atom is -0.375 e. The Kier molecular flexibility index (Phi) is 10.9. The van der Waals surface area contributed by atoms with E-state index in [1.54, 1.807) is 6.92 Å². The molecule has 0 unspecified atom stereocenters. The maximum atomic E-state index is 12.2. The van der Waals surface area contributed by atoms with Crippen LogP contribution in [0.3, 0.4) is 0 Å². The average molecular weight is 254 g/mol. The van der Waals surface area contributed by atoms with E-state index in [2.05, 4.69) is 10.2 Å². The molecule has 0 aromatic carbocycles. The molecule has 1 aromatic heterocycles. The molecule has 0 amide bonds. The van der Waals surface area contributed by atoms with Crippen LogP contribution in [0.1, 0.15) is 45.9 Å². The Labute approximate surface area is 100 Å². The Morgan fingerprint density at radius 3 is 2.18 bits per heavy atom. The minimum absolute atomic E-state index is 0.0330. The molecule has 17 heavy (non-hydrogen) atoms. The molecule has 102 valence electrons. The first kappa shape index (κ1) is 18.3. The molecule has 0 fully saturated rings. The summed E-state index contributed by atoms with van der Waals surface area (Å²) in [5, 5.41) is 5.57. The number of nitrogens with one attached hydrogen (secondary N) is 1. The first-order valence-electron chi connectivity index (χ1n) is 5.73. The van der Waals surface area contributed by atoms with Gasteiger partial charge >= 0.3 is 6.18 Å². The number of rotatable bonds is 3. The molecule has 6 heteroatoms. The van der Waals surface area contributed by atoms with Gasteiger partial charge in [-0.3, -0.25) is 5.10 Å². The number of alkyl halides is 3. The summed E-state index contributed by atoms with van der Waals surface area (Å²) in [4.78, 5) is 0. The summed E-state index contributed by atoms with van der Waals surface area (Å²) in [5.74, 6) is 0. The number of hydrogen-bond acceptors (Lipinski definition) is 2. The second-order valence-corrected chi connectivity index (χ2v) is 2.40. The number of nitrogens with zero attached hydrogens (tertiary/aromatic N) is 1. The quantitative estimate of drug-likeness (QED) is 0.884. The molecular weight excluding hydrogens is 233 g/mol. The van der Waals surface area contributed by atoms with Gasteiger partial charge in [0.15, 0.2) is 0 Å². The normalized spacial score (nSPS) is 9.88. The van der Waals surface area contributed by atoms with Gasteiger partial charge in [-0.25, -0.2) is 0 Å². The van der Waals surface area contributed by atoms with Gasteiger partial charge in [0.1, 0.15) is 0 Å². The number of ether oxygens (including phenoxy) is 1. The van der Waals surface area contributed by atoms with Gasteiger partial charge in [0.2, 0.25) is 0 Å². The molecule has 0 aliphatic heterocycles. The van der Waals surface area contributed by atoms with Gasteiger partial charge in [-0.15, -0.1) is 0 Å². The lowest BCUT2D eigenvalue weighted by atomic mass is 10.2. The van der Waals surface area contributed by atoms with Crippen molar-refractivity contribution in [1.29, 1.82) is 0 Å². The molecule has 1 rings (SSSR count). The van der Waals surface area contributed by atoms with E-state index in [9.17, 15) is 13.2 Å². The molecule has 0 bridgehead atoms. The zero-order chi connectivity index (χ0) is 13.9. The van der Waals surface area contributed by atoms with Crippen molar-refractivity contribution in [2.24, 2.45) is 0 Å². The molecule has 1 heterocycles. The van der Waals surface area contributed by atoms with E-state index in [4.69, 9.17) is 4.74 Å². The van der Waals surface area contributed by atoms with Crippen LogP contribution in [0.4, 0.5) is 13.2 Å². The fourth-order valence-electron chi connectivity index (χ4n) is 0.871. The maximum absolute atomic E-state index is 12.2. The van der Waals surface area contributed by atoms with E-state index in [0.29, 0.717) is 6.61 Å². The largest absolute Gasteiger partial charge is 0.419 e. The van der Waals surface area contributed by atoms with E-state index in [-0.39, 0.29) is 12.3 Å². The second kappa shape index (κ2) is 10.1. The van der Waals surface area contributed by atoms with Crippen molar-refractivity contribution in [3.8, 4) is 0 Å². The molecule has 0 saturated carbocycles. The highest BCUT2D eigenvalue weighted by Gasteiger charge is 2.34. The van der Waals surface area contributed by atoms with Crippen molar-refractivity contribution in [1.82, 2.24) is 10.2 Å². The van der Waals surface area contributed by atoms with Crippen LogP contribution in [0.2, 0.25) is 0 Å². The minimum atomic E-state index is -4.36. The molecule has 0 aliphatic rings. The lowest BCUT2D eigenvalue weighted by Crippen LogP contribution is -2.08. The number of hydrogen-bond donors (Lipinski definition) is 1. The Morgan fingerprint density at radius 2 is 1.76 bits per heavy atom. The molecular formula is C11H21F3N2O. The van der Waals surface area contributed by atoms with Crippen molar-refractivity contribution in [3.63, 3.8) is 0 Å². The van der Waals surface area contributed by atoms with Crippen LogP contribution in [-0.2, 0) is 17.5 Å². The molecule has 0 atom stereocenters. The summed E-state index contributed by atoms with van der Waals surface area (Å²) in [7, 11) is 0. The smallest absolute Gasteiger partial charge is 0.375 e. The third kappa shape index (κ3) is 6.99. The second-order valence-electron chi connectivity index (χ2n) is 2.40. The zero-order valence-corrected chi connectivity index (χ0v) is 11.0. The first-order valence-corrected chi connectivity index (χ1v) is 5.73. The summed E-state index contributed by atoms with van der Waals surface area (Å²) >= 11 is 0. The van der Waals surface area contributed by atoms with Crippen LogP contribution in [0.15, 0.2) is 6.20 Å². The molecule has 1 aromatic rings. The van der Waals surface area contributed by atoms with Crippen molar-refractivity contribution in [3.05, 3.63) is 17.5 Å². The Bertz CT molecular complexity index is 272. The molecule has 1 N–H and O–H groups in total. The van der Waals surface area contributed by atoms with Gasteiger partial charge in [-0.05, 0) is 6.92 Å². The highest BCUT2D eigenvalue weighted by atomic mass is 19.4. The molecule has 0 radical (unpaired) electrons. The van der Waals surface area contributed by atoms with Crippen LogP contribution in [0, 0.1) is 0 Å². The molecule has 0 saturated heterocycles. The van der Waals surface area contributed by atoms with Gasteiger partial charge in [-0.1, -0.05) is 27.7 Å². The van der Waals surface area contributed by atoms with Crippen LogP contribution in [0.25, 0.3) is 0 Å². The standard InChI is InChI=1S/C7H9F3N2O.2C2H6/c1-2-13-4-6-5(3-11-12-6)7(8,9)10;2*1-2/h3H,2,4H2,1H3,(H,11,12);2*1-2H3. The first-order chi connectivity index (χ1) is 8.05. The van der Waals surface area contributed by atoms with E-state index >= 15 is 0 Å². The lowest BCUT2D eigenvalue weighted by Gasteiger charge is -2.06. The van der Waals surface area contributed by atoms with Crippen LogP contribution >= 0.6 is 0 Å². The Balaban J connectivity index is 0. The zero-order valence-electron chi connectivity index (χ0n) is 11.0. The number of aromatic nitrogens is 2. The Hall–Kier alpha value is -1.04. The summed E-state index contributed by atoms with van der Waals surface area (Å²) in [6.07, 6.45) is -3.60.